The topological polar surface area (TPSA) is 90.9 Å². The summed E-state index contributed by atoms with van der Waals surface area (Å²) in [5.41, 5.74) is -0.0428. The zero-order valence-corrected chi connectivity index (χ0v) is 12.6. The first-order valence-corrected chi connectivity index (χ1v) is 8.23. The van der Waals surface area contributed by atoms with Gasteiger partial charge in [0.25, 0.3) is 15.2 Å². The monoisotopic (exact) mass is 286 g/mol. The van der Waals surface area contributed by atoms with Gasteiger partial charge < -0.3 is 4.57 Å². The Kier molecular flexibility index (Phi) is 3.70. The van der Waals surface area contributed by atoms with Crippen molar-refractivity contribution < 1.29 is 8.42 Å². The second-order valence-electron chi connectivity index (χ2n) is 6.00. The molecule has 0 amide bonds. The lowest BCUT2D eigenvalue weighted by molar-refractivity contribution is 0.319. The minimum atomic E-state index is -3.81. The molecular formula is C12H22N4O2S. The molecule has 1 aliphatic carbocycles. The third-order valence-corrected chi connectivity index (χ3v) is 4.79. The molecule has 1 aliphatic rings. The minimum Gasteiger partial charge on any atom is -0.303 e. The molecule has 1 fully saturated rings. The molecule has 0 aromatic carbocycles. The van der Waals surface area contributed by atoms with Crippen LogP contribution in [-0.4, -0.2) is 23.2 Å². The molecule has 1 aromatic rings. The molecule has 0 unspecified atom stereocenters. The predicted molar refractivity (Wildman–Crippen MR) is 72.0 cm³/mol. The zero-order chi connectivity index (χ0) is 14.3. The van der Waals surface area contributed by atoms with E-state index in [0.717, 1.165) is 37.9 Å². The van der Waals surface area contributed by atoms with Crippen LogP contribution in [0.3, 0.4) is 0 Å². The summed E-state index contributed by atoms with van der Waals surface area (Å²) in [4.78, 5) is 0. The zero-order valence-electron chi connectivity index (χ0n) is 11.8. The summed E-state index contributed by atoms with van der Waals surface area (Å²) in [6, 6.07) is 0. The summed E-state index contributed by atoms with van der Waals surface area (Å²) in [6.45, 7) is 4.36. The van der Waals surface area contributed by atoms with E-state index in [9.17, 15) is 8.42 Å². The van der Waals surface area contributed by atoms with Gasteiger partial charge in [0.05, 0.1) is 0 Å². The highest BCUT2D eigenvalue weighted by atomic mass is 32.2. The SMILES string of the molecule is CC(C)CC1(c2nnc(S(N)(=O)=O)n2C)CCCC1. The van der Waals surface area contributed by atoms with Crippen LogP contribution >= 0.6 is 0 Å². The maximum Gasteiger partial charge on any atom is 0.273 e. The lowest BCUT2D eigenvalue weighted by Crippen LogP contribution is -2.29. The van der Waals surface area contributed by atoms with Gasteiger partial charge in [-0.05, 0) is 25.2 Å². The van der Waals surface area contributed by atoms with E-state index < -0.39 is 10.0 Å². The lowest BCUT2D eigenvalue weighted by atomic mass is 9.78. The smallest absolute Gasteiger partial charge is 0.273 e. The van der Waals surface area contributed by atoms with Crippen molar-refractivity contribution in [1.82, 2.24) is 14.8 Å². The van der Waals surface area contributed by atoms with Gasteiger partial charge in [-0.3, -0.25) is 0 Å². The average molecular weight is 286 g/mol. The van der Waals surface area contributed by atoms with Crippen LogP contribution in [0.1, 0.15) is 51.8 Å². The van der Waals surface area contributed by atoms with Gasteiger partial charge in [0.2, 0.25) is 0 Å². The molecule has 2 rings (SSSR count). The summed E-state index contributed by atoms with van der Waals surface area (Å²) in [6.07, 6.45) is 5.40. The van der Waals surface area contributed by atoms with Crippen molar-refractivity contribution in [2.75, 3.05) is 0 Å². The van der Waals surface area contributed by atoms with Crippen molar-refractivity contribution in [3.63, 3.8) is 0 Å². The highest BCUT2D eigenvalue weighted by molar-refractivity contribution is 7.89. The molecule has 7 heteroatoms. The average Bonchev–Trinajstić information content (AvgIpc) is 2.83. The quantitative estimate of drug-likeness (QED) is 0.903. The van der Waals surface area contributed by atoms with Crippen LogP contribution in [0.15, 0.2) is 5.16 Å². The van der Waals surface area contributed by atoms with Gasteiger partial charge in [0, 0.05) is 12.5 Å². The van der Waals surface area contributed by atoms with E-state index >= 15 is 0 Å². The Labute approximate surface area is 114 Å². The normalized spacial score (nSPS) is 19.2. The molecule has 0 aliphatic heterocycles. The van der Waals surface area contributed by atoms with Crippen LogP contribution in [0.2, 0.25) is 0 Å². The number of hydrogen-bond donors (Lipinski definition) is 1. The van der Waals surface area contributed by atoms with Crippen LogP contribution in [0.25, 0.3) is 0 Å². The lowest BCUT2D eigenvalue weighted by Gasteiger charge is -2.29. The van der Waals surface area contributed by atoms with Gasteiger partial charge in [-0.1, -0.05) is 26.7 Å². The standard InChI is InChI=1S/C12H22N4O2S/c1-9(2)8-12(6-4-5-7-12)10-14-15-11(16(10)3)19(13,17)18/h9H,4-8H2,1-3H3,(H2,13,17,18). The molecule has 0 bridgehead atoms. The molecule has 0 spiro atoms. The van der Waals surface area contributed by atoms with E-state index in [-0.39, 0.29) is 10.6 Å². The first-order valence-electron chi connectivity index (χ1n) is 6.69. The van der Waals surface area contributed by atoms with Crippen molar-refractivity contribution in [1.29, 1.82) is 0 Å². The fourth-order valence-corrected chi connectivity index (χ4v) is 4.00. The van der Waals surface area contributed by atoms with Crippen LogP contribution in [0.4, 0.5) is 0 Å². The molecular weight excluding hydrogens is 264 g/mol. The first-order chi connectivity index (χ1) is 8.76. The van der Waals surface area contributed by atoms with Crippen molar-refractivity contribution in [3.8, 4) is 0 Å². The van der Waals surface area contributed by atoms with E-state index in [1.807, 2.05) is 0 Å². The number of rotatable bonds is 4. The van der Waals surface area contributed by atoms with Gasteiger partial charge in [0.1, 0.15) is 5.82 Å². The van der Waals surface area contributed by atoms with Crippen molar-refractivity contribution >= 4 is 10.0 Å². The molecule has 0 radical (unpaired) electrons. The summed E-state index contributed by atoms with van der Waals surface area (Å²) < 4.78 is 24.5. The van der Waals surface area contributed by atoms with Gasteiger partial charge in [-0.25, -0.2) is 13.6 Å². The Balaban J connectivity index is 2.47. The second-order valence-corrected chi connectivity index (χ2v) is 7.45. The van der Waals surface area contributed by atoms with Crippen LogP contribution in [0, 0.1) is 5.92 Å². The number of hydrogen-bond acceptors (Lipinski definition) is 4. The van der Waals surface area contributed by atoms with Gasteiger partial charge in [-0.15, -0.1) is 10.2 Å². The minimum absolute atomic E-state index is 0.0428. The fourth-order valence-electron chi connectivity index (χ4n) is 3.38. The van der Waals surface area contributed by atoms with E-state index in [1.165, 1.54) is 0 Å². The van der Waals surface area contributed by atoms with Crippen LogP contribution < -0.4 is 5.14 Å². The van der Waals surface area contributed by atoms with E-state index in [0.29, 0.717) is 5.92 Å². The predicted octanol–water partition coefficient (Wildman–Crippen LogP) is 1.32. The maximum absolute atomic E-state index is 11.5. The van der Waals surface area contributed by atoms with Crippen molar-refractivity contribution in [2.24, 2.45) is 18.1 Å². The van der Waals surface area contributed by atoms with Crippen LogP contribution in [0.5, 0.6) is 0 Å². The van der Waals surface area contributed by atoms with E-state index in [2.05, 4.69) is 24.0 Å². The van der Waals surface area contributed by atoms with Gasteiger partial charge in [-0.2, -0.15) is 0 Å². The molecule has 1 saturated carbocycles. The summed E-state index contributed by atoms with van der Waals surface area (Å²) >= 11 is 0. The maximum atomic E-state index is 11.5. The number of sulfonamides is 1. The van der Waals surface area contributed by atoms with Gasteiger partial charge in [0.15, 0.2) is 0 Å². The highest BCUT2D eigenvalue weighted by Crippen LogP contribution is 2.44. The van der Waals surface area contributed by atoms with Crippen molar-refractivity contribution in [2.45, 2.75) is 56.5 Å². The molecule has 0 atom stereocenters. The first kappa shape index (κ1) is 14.5. The third-order valence-electron chi connectivity index (χ3n) is 3.92. The Morgan fingerprint density at radius 3 is 2.32 bits per heavy atom. The molecule has 1 heterocycles. The van der Waals surface area contributed by atoms with Crippen molar-refractivity contribution in [3.05, 3.63) is 5.82 Å². The van der Waals surface area contributed by atoms with E-state index in [1.54, 1.807) is 11.6 Å². The number of nitrogens with two attached hydrogens (primary N) is 1. The number of aromatic nitrogens is 3. The third kappa shape index (κ3) is 2.67. The number of primary sulfonamides is 1. The molecule has 0 saturated heterocycles. The Morgan fingerprint density at radius 1 is 1.32 bits per heavy atom. The summed E-state index contributed by atoms with van der Waals surface area (Å²) in [7, 11) is -2.12. The van der Waals surface area contributed by atoms with Crippen LogP contribution in [-0.2, 0) is 22.5 Å². The molecule has 19 heavy (non-hydrogen) atoms. The Hall–Kier alpha value is -0.950. The highest BCUT2D eigenvalue weighted by Gasteiger charge is 2.41. The van der Waals surface area contributed by atoms with Gasteiger partial charge >= 0.3 is 0 Å². The molecule has 2 N–H and O–H groups in total. The molecule has 108 valence electrons. The molecule has 1 aromatic heterocycles. The Bertz CT molecular complexity index is 556. The summed E-state index contributed by atoms with van der Waals surface area (Å²) in [5, 5.41) is 12.9. The summed E-state index contributed by atoms with van der Waals surface area (Å²) in [5.74, 6) is 1.30. The Morgan fingerprint density at radius 2 is 1.89 bits per heavy atom. The fraction of sp³-hybridized carbons (Fsp3) is 0.833. The second kappa shape index (κ2) is 4.86. The molecule has 6 nitrogen and oxygen atoms in total. The van der Waals surface area contributed by atoms with E-state index in [4.69, 9.17) is 5.14 Å². The number of nitrogens with zero attached hydrogens (tertiary/aromatic N) is 3. The largest absolute Gasteiger partial charge is 0.303 e.